The van der Waals surface area contributed by atoms with E-state index in [9.17, 15) is 10.1 Å². The second kappa shape index (κ2) is 6.78. The van der Waals surface area contributed by atoms with Gasteiger partial charge in [0.2, 0.25) is 0 Å². The van der Waals surface area contributed by atoms with Crippen molar-refractivity contribution in [2.75, 3.05) is 36.9 Å². The van der Waals surface area contributed by atoms with Gasteiger partial charge in [0, 0.05) is 19.6 Å². The van der Waals surface area contributed by atoms with Crippen LogP contribution in [0.4, 0.5) is 10.7 Å². The average molecular weight is 308 g/mol. The van der Waals surface area contributed by atoms with Gasteiger partial charge in [-0.3, -0.25) is 4.79 Å². The molecule has 0 spiro atoms. The van der Waals surface area contributed by atoms with Crippen LogP contribution in [0.5, 0.6) is 0 Å². The third-order valence-corrected chi connectivity index (χ3v) is 4.57. The normalized spacial score (nSPS) is 18.3. The van der Waals surface area contributed by atoms with Crippen molar-refractivity contribution in [3.8, 4) is 6.07 Å². The number of thiophene rings is 1. The smallest absolute Gasteiger partial charge is 0.263 e. The number of ether oxygens (including phenoxy) is 1. The summed E-state index contributed by atoms with van der Waals surface area (Å²) in [7, 11) is 0. The second-order valence-electron chi connectivity index (χ2n) is 5.02. The van der Waals surface area contributed by atoms with E-state index in [1.165, 1.54) is 11.3 Å². The monoisotopic (exact) mass is 308 g/mol. The Hall–Kier alpha value is -1.78. The second-order valence-corrected chi connectivity index (χ2v) is 6.02. The lowest BCUT2D eigenvalue weighted by atomic mass is 10.2. The van der Waals surface area contributed by atoms with Crippen molar-refractivity contribution in [2.45, 2.75) is 26.4 Å². The summed E-state index contributed by atoms with van der Waals surface area (Å²) in [4.78, 5) is 14.6. The molecule has 1 unspecified atom stereocenters. The fourth-order valence-corrected chi connectivity index (χ4v) is 3.38. The van der Waals surface area contributed by atoms with Gasteiger partial charge in [0.25, 0.3) is 5.91 Å². The highest BCUT2D eigenvalue weighted by atomic mass is 32.1. The number of carbonyl (C=O) groups excluding carboxylic acids is 1. The number of morpholine rings is 1. The zero-order valence-electron chi connectivity index (χ0n) is 12.3. The first-order valence-corrected chi connectivity index (χ1v) is 7.87. The highest BCUT2D eigenvalue weighted by Crippen LogP contribution is 2.38. The van der Waals surface area contributed by atoms with Crippen LogP contribution < -0.4 is 16.0 Å². The number of nitrogens with two attached hydrogens (primary N) is 1. The van der Waals surface area contributed by atoms with Crippen LogP contribution in [0.25, 0.3) is 0 Å². The third kappa shape index (κ3) is 3.28. The van der Waals surface area contributed by atoms with Crippen LogP contribution in [-0.4, -0.2) is 38.3 Å². The summed E-state index contributed by atoms with van der Waals surface area (Å²) in [5, 5.41) is 12.9. The van der Waals surface area contributed by atoms with E-state index in [0.29, 0.717) is 36.7 Å². The van der Waals surface area contributed by atoms with E-state index in [0.717, 1.165) is 11.4 Å². The quantitative estimate of drug-likeness (QED) is 0.881. The summed E-state index contributed by atoms with van der Waals surface area (Å²) in [5.41, 5.74) is 6.68. The van der Waals surface area contributed by atoms with Gasteiger partial charge in [-0.15, -0.1) is 11.3 Å². The van der Waals surface area contributed by atoms with Gasteiger partial charge in [0.05, 0.1) is 18.4 Å². The summed E-state index contributed by atoms with van der Waals surface area (Å²) in [6, 6.07) is 2.13. The molecule has 1 amide bonds. The van der Waals surface area contributed by atoms with Crippen LogP contribution in [0.1, 0.15) is 35.5 Å². The molecule has 2 heterocycles. The molecule has 0 bridgehead atoms. The van der Waals surface area contributed by atoms with Gasteiger partial charge >= 0.3 is 0 Å². The largest absolute Gasteiger partial charge is 0.396 e. The van der Waals surface area contributed by atoms with Crippen molar-refractivity contribution in [2.24, 2.45) is 0 Å². The Kier molecular flexibility index (Phi) is 5.04. The molecule has 7 heteroatoms. The summed E-state index contributed by atoms with van der Waals surface area (Å²) in [6.45, 7) is 6.59. The van der Waals surface area contributed by atoms with E-state index < -0.39 is 0 Å². The first-order chi connectivity index (χ1) is 10.1. The average Bonchev–Trinajstić information content (AvgIpc) is 2.81. The topological polar surface area (TPSA) is 91.4 Å². The van der Waals surface area contributed by atoms with Crippen LogP contribution in [0, 0.1) is 11.3 Å². The van der Waals surface area contributed by atoms with Gasteiger partial charge in [0.1, 0.15) is 21.5 Å². The molecular weight excluding hydrogens is 288 g/mol. The molecule has 6 nitrogen and oxygen atoms in total. The van der Waals surface area contributed by atoms with Crippen molar-refractivity contribution in [3.05, 3.63) is 10.4 Å². The summed E-state index contributed by atoms with van der Waals surface area (Å²) < 4.78 is 5.51. The van der Waals surface area contributed by atoms with Gasteiger partial charge in [-0.2, -0.15) is 5.26 Å². The Morgan fingerprint density at radius 2 is 2.43 bits per heavy atom. The fourth-order valence-electron chi connectivity index (χ4n) is 2.25. The predicted octanol–water partition coefficient (Wildman–Crippen LogP) is 1.57. The molecule has 0 radical (unpaired) electrons. The van der Waals surface area contributed by atoms with E-state index in [2.05, 4.69) is 16.3 Å². The number of nitrogens with zero attached hydrogens (tertiary/aromatic N) is 2. The lowest BCUT2D eigenvalue weighted by Crippen LogP contribution is -2.41. The minimum atomic E-state index is -0.205. The van der Waals surface area contributed by atoms with Crippen LogP contribution in [0.15, 0.2) is 0 Å². The zero-order chi connectivity index (χ0) is 15.4. The standard InChI is InChI=1S/C14H20N4O2S/c1-3-4-17-13(19)12-11(16)10(7-15)14(21-12)18-5-6-20-9(2)8-18/h9H,3-6,8,16H2,1-2H3,(H,17,19). The highest BCUT2D eigenvalue weighted by molar-refractivity contribution is 7.19. The number of carbonyl (C=O) groups is 1. The van der Waals surface area contributed by atoms with Crippen molar-refractivity contribution in [1.29, 1.82) is 5.26 Å². The highest BCUT2D eigenvalue weighted by Gasteiger charge is 2.26. The molecule has 0 aliphatic carbocycles. The van der Waals surface area contributed by atoms with Crippen molar-refractivity contribution in [1.82, 2.24) is 5.32 Å². The molecule has 3 N–H and O–H groups in total. The number of nitrogens with one attached hydrogen (secondary N) is 1. The van der Waals surface area contributed by atoms with Crippen LogP contribution in [-0.2, 0) is 4.74 Å². The lowest BCUT2D eigenvalue weighted by molar-refractivity contribution is 0.0534. The van der Waals surface area contributed by atoms with Gasteiger partial charge in [-0.25, -0.2) is 0 Å². The Bertz CT molecular complexity index is 564. The molecule has 1 saturated heterocycles. The molecule has 2 rings (SSSR count). The number of amides is 1. The van der Waals surface area contributed by atoms with Crippen molar-refractivity contribution < 1.29 is 9.53 Å². The molecule has 0 saturated carbocycles. The van der Waals surface area contributed by atoms with Gasteiger partial charge in [-0.05, 0) is 13.3 Å². The summed E-state index contributed by atoms with van der Waals surface area (Å²) in [5.74, 6) is -0.205. The third-order valence-electron chi connectivity index (χ3n) is 3.31. The Morgan fingerprint density at radius 1 is 1.67 bits per heavy atom. The molecular formula is C14H20N4O2S. The number of rotatable bonds is 4. The van der Waals surface area contributed by atoms with Crippen LogP contribution in [0.3, 0.4) is 0 Å². The zero-order valence-corrected chi connectivity index (χ0v) is 13.1. The molecule has 21 heavy (non-hydrogen) atoms. The van der Waals surface area contributed by atoms with Crippen molar-refractivity contribution >= 4 is 27.9 Å². The number of anilines is 2. The molecule has 1 aromatic rings. The number of nitriles is 1. The molecule has 1 aliphatic heterocycles. The molecule has 1 aromatic heterocycles. The Balaban J connectivity index is 2.30. The maximum atomic E-state index is 12.1. The minimum absolute atomic E-state index is 0.103. The molecule has 1 atom stereocenters. The first-order valence-electron chi connectivity index (χ1n) is 7.05. The van der Waals surface area contributed by atoms with Gasteiger partial charge in [-0.1, -0.05) is 6.92 Å². The van der Waals surface area contributed by atoms with E-state index in [-0.39, 0.29) is 17.7 Å². The first kappa shape index (κ1) is 15.6. The Morgan fingerprint density at radius 3 is 3.05 bits per heavy atom. The van der Waals surface area contributed by atoms with E-state index in [1.54, 1.807) is 0 Å². The fraction of sp³-hybridized carbons (Fsp3) is 0.571. The summed E-state index contributed by atoms with van der Waals surface area (Å²) >= 11 is 1.29. The van der Waals surface area contributed by atoms with Gasteiger partial charge < -0.3 is 20.7 Å². The lowest BCUT2D eigenvalue weighted by Gasteiger charge is -2.32. The number of nitrogen functional groups attached to an aromatic ring is 1. The maximum Gasteiger partial charge on any atom is 0.263 e. The van der Waals surface area contributed by atoms with Crippen LogP contribution in [0.2, 0.25) is 0 Å². The molecule has 1 aliphatic rings. The predicted molar refractivity (Wildman–Crippen MR) is 83.7 cm³/mol. The van der Waals surface area contributed by atoms with Crippen molar-refractivity contribution in [3.63, 3.8) is 0 Å². The summed E-state index contributed by atoms with van der Waals surface area (Å²) in [6.07, 6.45) is 0.960. The molecule has 114 valence electrons. The number of hydrogen-bond acceptors (Lipinski definition) is 6. The minimum Gasteiger partial charge on any atom is -0.396 e. The molecule has 1 fully saturated rings. The number of hydrogen-bond donors (Lipinski definition) is 2. The van der Waals surface area contributed by atoms with Gasteiger partial charge in [0.15, 0.2) is 0 Å². The van der Waals surface area contributed by atoms with E-state index >= 15 is 0 Å². The maximum absolute atomic E-state index is 12.1. The Labute approximate surface area is 128 Å². The SMILES string of the molecule is CCCNC(=O)c1sc(N2CCOC(C)C2)c(C#N)c1N. The van der Waals surface area contributed by atoms with E-state index in [4.69, 9.17) is 10.5 Å². The van der Waals surface area contributed by atoms with E-state index in [1.807, 2.05) is 13.8 Å². The van der Waals surface area contributed by atoms with Crippen LogP contribution >= 0.6 is 11.3 Å². The molecule has 0 aromatic carbocycles.